The van der Waals surface area contributed by atoms with E-state index in [1.165, 1.54) is 11.1 Å². The average Bonchev–Trinajstić information content (AvgIpc) is 3.43. The topological polar surface area (TPSA) is 86.5 Å². The lowest BCUT2D eigenvalue weighted by atomic mass is 10.1. The summed E-state index contributed by atoms with van der Waals surface area (Å²) in [6.45, 7) is 3.91. The van der Waals surface area contributed by atoms with Crippen LogP contribution < -0.4 is 14.8 Å². The lowest BCUT2D eigenvalue weighted by molar-refractivity contribution is 0.327. The highest BCUT2D eigenvalue weighted by molar-refractivity contribution is 5.77. The molecule has 1 N–H and O–H groups in total. The smallest absolute Gasteiger partial charge is 0.213 e. The molecular formula is C21H20N6O2. The number of fused-ring (bicyclic) bond motifs is 2. The highest BCUT2D eigenvalue weighted by Gasteiger charge is 2.16. The highest BCUT2D eigenvalue weighted by Crippen LogP contribution is 2.29. The van der Waals surface area contributed by atoms with Gasteiger partial charge < -0.3 is 14.8 Å². The molecule has 3 aromatic heterocycles. The van der Waals surface area contributed by atoms with Gasteiger partial charge in [-0.3, -0.25) is 4.40 Å². The van der Waals surface area contributed by atoms with E-state index in [1.54, 1.807) is 18.7 Å². The Hall–Kier alpha value is -3.68. The Balaban J connectivity index is 1.43. The summed E-state index contributed by atoms with van der Waals surface area (Å²) in [6.07, 6.45) is 6.15. The molecule has 0 bridgehead atoms. The molecule has 146 valence electrons. The number of pyridine rings is 1. The van der Waals surface area contributed by atoms with Gasteiger partial charge in [0, 0.05) is 48.1 Å². The molecule has 1 aliphatic rings. The molecule has 0 radical (unpaired) electrons. The van der Waals surface area contributed by atoms with Gasteiger partial charge in [0.1, 0.15) is 12.1 Å². The Kier molecular flexibility index (Phi) is 4.44. The molecule has 1 aromatic carbocycles. The van der Waals surface area contributed by atoms with Gasteiger partial charge in [-0.2, -0.15) is 0 Å². The molecule has 1 aliphatic heterocycles. The monoisotopic (exact) mass is 388 g/mol. The predicted octanol–water partition coefficient (Wildman–Crippen LogP) is 3.13. The quantitative estimate of drug-likeness (QED) is 0.543. The summed E-state index contributed by atoms with van der Waals surface area (Å²) >= 11 is 0. The van der Waals surface area contributed by atoms with Crippen LogP contribution in [0.25, 0.3) is 16.8 Å². The SMILES string of the molecule is CCOc1ccc(-c2cnc(NCc3cccc4c3CCO4)n3cnnc23)cn1. The maximum absolute atomic E-state index is 5.65. The number of ether oxygens (including phenoxy) is 2. The lowest BCUT2D eigenvalue weighted by Crippen LogP contribution is -2.08. The molecule has 4 aromatic rings. The second-order valence-electron chi connectivity index (χ2n) is 6.68. The fourth-order valence-electron chi connectivity index (χ4n) is 3.56. The number of benzene rings is 1. The summed E-state index contributed by atoms with van der Waals surface area (Å²) < 4.78 is 12.9. The van der Waals surface area contributed by atoms with E-state index in [-0.39, 0.29) is 0 Å². The molecule has 0 saturated carbocycles. The minimum Gasteiger partial charge on any atom is -0.493 e. The van der Waals surface area contributed by atoms with Crippen molar-refractivity contribution in [2.24, 2.45) is 0 Å². The summed E-state index contributed by atoms with van der Waals surface area (Å²) in [6, 6.07) is 9.94. The molecule has 0 fully saturated rings. The molecule has 0 saturated heterocycles. The molecular weight excluding hydrogens is 368 g/mol. The van der Waals surface area contributed by atoms with Crippen molar-refractivity contribution in [1.29, 1.82) is 0 Å². The van der Waals surface area contributed by atoms with E-state index in [1.807, 2.05) is 35.6 Å². The summed E-state index contributed by atoms with van der Waals surface area (Å²) in [5.74, 6) is 2.26. The minimum atomic E-state index is 0.583. The fourth-order valence-corrected chi connectivity index (χ4v) is 3.56. The van der Waals surface area contributed by atoms with Gasteiger partial charge in [0.15, 0.2) is 5.65 Å². The molecule has 0 aliphatic carbocycles. The predicted molar refractivity (Wildman–Crippen MR) is 108 cm³/mol. The minimum absolute atomic E-state index is 0.583. The van der Waals surface area contributed by atoms with Crippen molar-refractivity contribution in [3.05, 3.63) is 60.2 Å². The molecule has 8 heteroatoms. The number of aromatic nitrogens is 5. The first-order chi connectivity index (χ1) is 14.3. The Bertz CT molecular complexity index is 1160. The Morgan fingerprint density at radius 3 is 3.00 bits per heavy atom. The summed E-state index contributed by atoms with van der Waals surface area (Å²) in [5, 5.41) is 11.8. The molecule has 0 unspecified atom stereocenters. The van der Waals surface area contributed by atoms with Gasteiger partial charge in [-0.25, -0.2) is 9.97 Å². The zero-order valence-corrected chi connectivity index (χ0v) is 16.0. The molecule has 8 nitrogen and oxygen atoms in total. The van der Waals surface area contributed by atoms with E-state index in [0.29, 0.717) is 25.0 Å². The third-order valence-corrected chi connectivity index (χ3v) is 4.95. The normalized spacial score (nSPS) is 12.6. The number of nitrogens with zero attached hydrogens (tertiary/aromatic N) is 5. The summed E-state index contributed by atoms with van der Waals surface area (Å²) in [5.41, 5.74) is 4.95. The first-order valence-corrected chi connectivity index (χ1v) is 9.59. The van der Waals surface area contributed by atoms with Gasteiger partial charge in [-0.05, 0) is 24.6 Å². The zero-order chi connectivity index (χ0) is 19.6. The average molecular weight is 388 g/mol. The second kappa shape index (κ2) is 7.38. The lowest BCUT2D eigenvalue weighted by Gasteiger charge is -2.12. The van der Waals surface area contributed by atoms with Gasteiger partial charge in [-0.1, -0.05) is 12.1 Å². The zero-order valence-electron chi connectivity index (χ0n) is 16.0. The van der Waals surface area contributed by atoms with Gasteiger partial charge in [0.05, 0.1) is 13.2 Å². The van der Waals surface area contributed by atoms with Crippen LogP contribution in [0.4, 0.5) is 5.95 Å². The van der Waals surface area contributed by atoms with Crippen molar-refractivity contribution in [2.75, 3.05) is 18.5 Å². The fraction of sp³-hybridized carbons (Fsp3) is 0.238. The summed E-state index contributed by atoms with van der Waals surface area (Å²) in [4.78, 5) is 8.94. The maximum atomic E-state index is 5.65. The maximum Gasteiger partial charge on any atom is 0.213 e. The number of hydrogen-bond donors (Lipinski definition) is 1. The van der Waals surface area contributed by atoms with Gasteiger partial charge >= 0.3 is 0 Å². The Morgan fingerprint density at radius 2 is 2.14 bits per heavy atom. The van der Waals surface area contributed by atoms with Crippen molar-refractivity contribution in [3.8, 4) is 22.8 Å². The Labute approximate surface area is 167 Å². The largest absolute Gasteiger partial charge is 0.493 e. The van der Waals surface area contributed by atoms with Crippen LogP contribution in [0, 0.1) is 0 Å². The molecule has 0 amide bonds. The van der Waals surface area contributed by atoms with Gasteiger partial charge in [-0.15, -0.1) is 10.2 Å². The van der Waals surface area contributed by atoms with E-state index in [0.717, 1.165) is 35.6 Å². The molecule has 29 heavy (non-hydrogen) atoms. The van der Waals surface area contributed by atoms with E-state index in [2.05, 4.69) is 31.5 Å². The van der Waals surface area contributed by atoms with Gasteiger partial charge in [0.25, 0.3) is 0 Å². The van der Waals surface area contributed by atoms with Crippen LogP contribution in [0.3, 0.4) is 0 Å². The number of hydrogen-bond acceptors (Lipinski definition) is 7. The van der Waals surface area contributed by atoms with Crippen LogP contribution in [0.15, 0.2) is 49.1 Å². The molecule has 4 heterocycles. The third-order valence-electron chi connectivity index (χ3n) is 4.95. The van der Waals surface area contributed by atoms with Crippen LogP contribution in [-0.4, -0.2) is 37.8 Å². The van der Waals surface area contributed by atoms with Crippen molar-refractivity contribution < 1.29 is 9.47 Å². The van der Waals surface area contributed by atoms with Crippen LogP contribution in [-0.2, 0) is 13.0 Å². The molecule has 5 rings (SSSR count). The van der Waals surface area contributed by atoms with Crippen LogP contribution >= 0.6 is 0 Å². The third kappa shape index (κ3) is 3.22. The van der Waals surface area contributed by atoms with Crippen LogP contribution in [0.2, 0.25) is 0 Å². The van der Waals surface area contributed by atoms with Crippen molar-refractivity contribution in [3.63, 3.8) is 0 Å². The van der Waals surface area contributed by atoms with Crippen LogP contribution in [0.5, 0.6) is 11.6 Å². The number of rotatable bonds is 6. The van der Waals surface area contributed by atoms with E-state index in [4.69, 9.17) is 9.47 Å². The highest BCUT2D eigenvalue weighted by atomic mass is 16.5. The van der Waals surface area contributed by atoms with E-state index < -0.39 is 0 Å². The van der Waals surface area contributed by atoms with Gasteiger partial charge in [0.2, 0.25) is 11.8 Å². The van der Waals surface area contributed by atoms with E-state index >= 15 is 0 Å². The standard InChI is InChI=1S/C21H20N6O2/c1-2-28-19-7-6-15(10-22-19)17-12-24-21(27-13-25-26-20(17)27)23-11-14-4-3-5-18-16(14)8-9-29-18/h3-7,10,12-13H,2,8-9,11H2,1H3,(H,23,24). The number of nitrogens with one attached hydrogen (secondary N) is 1. The first kappa shape index (κ1) is 17.4. The molecule has 0 spiro atoms. The van der Waals surface area contributed by atoms with Crippen molar-refractivity contribution in [2.45, 2.75) is 19.9 Å². The van der Waals surface area contributed by atoms with E-state index in [9.17, 15) is 0 Å². The van der Waals surface area contributed by atoms with Crippen molar-refractivity contribution in [1.82, 2.24) is 24.6 Å². The van der Waals surface area contributed by atoms with Crippen LogP contribution in [0.1, 0.15) is 18.1 Å². The molecule has 0 atom stereocenters. The summed E-state index contributed by atoms with van der Waals surface area (Å²) in [7, 11) is 0. The Morgan fingerprint density at radius 1 is 1.17 bits per heavy atom. The number of anilines is 1. The second-order valence-corrected chi connectivity index (χ2v) is 6.68. The van der Waals surface area contributed by atoms with Crippen molar-refractivity contribution >= 4 is 11.6 Å². The first-order valence-electron chi connectivity index (χ1n) is 9.59.